The standard InChI is InChI=1S/C13H21N3/c1-11-8-14-6-7-16(9-11)10-13-5-3-4-12(2)15-13/h3-5,11,14H,6-10H2,1-2H3. The van der Waals surface area contributed by atoms with Crippen LogP contribution < -0.4 is 5.32 Å². The summed E-state index contributed by atoms with van der Waals surface area (Å²) in [6.07, 6.45) is 0. The Labute approximate surface area is 97.9 Å². The van der Waals surface area contributed by atoms with E-state index in [-0.39, 0.29) is 0 Å². The summed E-state index contributed by atoms with van der Waals surface area (Å²) < 4.78 is 0. The minimum atomic E-state index is 0.729. The van der Waals surface area contributed by atoms with Crippen molar-refractivity contribution in [3.63, 3.8) is 0 Å². The fourth-order valence-electron chi connectivity index (χ4n) is 2.24. The molecule has 16 heavy (non-hydrogen) atoms. The molecule has 1 aromatic rings. The molecule has 1 aliphatic rings. The van der Waals surface area contributed by atoms with E-state index < -0.39 is 0 Å². The average molecular weight is 219 g/mol. The summed E-state index contributed by atoms with van der Waals surface area (Å²) in [6, 6.07) is 6.27. The van der Waals surface area contributed by atoms with E-state index in [1.165, 1.54) is 12.2 Å². The molecule has 0 radical (unpaired) electrons. The van der Waals surface area contributed by atoms with Crippen LogP contribution in [-0.2, 0) is 6.54 Å². The van der Waals surface area contributed by atoms with Crippen molar-refractivity contribution >= 4 is 0 Å². The highest BCUT2D eigenvalue weighted by molar-refractivity contribution is 5.09. The lowest BCUT2D eigenvalue weighted by molar-refractivity contribution is 0.254. The molecule has 1 unspecified atom stereocenters. The highest BCUT2D eigenvalue weighted by atomic mass is 15.2. The lowest BCUT2D eigenvalue weighted by Gasteiger charge is -2.21. The number of aromatic nitrogens is 1. The molecule has 1 saturated heterocycles. The summed E-state index contributed by atoms with van der Waals surface area (Å²) in [7, 11) is 0. The van der Waals surface area contributed by atoms with Crippen LogP contribution in [0.2, 0.25) is 0 Å². The van der Waals surface area contributed by atoms with Gasteiger partial charge in [0.25, 0.3) is 0 Å². The first-order valence-electron chi connectivity index (χ1n) is 6.09. The lowest BCUT2D eigenvalue weighted by atomic mass is 10.1. The smallest absolute Gasteiger partial charge is 0.0547 e. The van der Waals surface area contributed by atoms with Gasteiger partial charge in [0.15, 0.2) is 0 Å². The van der Waals surface area contributed by atoms with E-state index in [1.54, 1.807) is 0 Å². The molecule has 1 aromatic heterocycles. The molecular formula is C13H21N3. The molecule has 0 amide bonds. The molecule has 0 aromatic carbocycles. The van der Waals surface area contributed by atoms with Crippen LogP contribution in [0.4, 0.5) is 0 Å². The number of hydrogen-bond acceptors (Lipinski definition) is 3. The van der Waals surface area contributed by atoms with Gasteiger partial charge in [-0.15, -0.1) is 0 Å². The fourth-order valence-corrected chi connectivity index (χ4v) is 2.24. The summed E-state index contributed by atoms with van der Waals surface area (Å²) in [5.74, 6) is 0.729. The van der Waals surface area contributed by atoms with Crippen molar-refractivity contribution in [3.8, 4) is 0 Å². The molecule has 2 rings (SSSR count). The Morgan fingerprint density at radius 2 is 2.38 bits per heavy atom. The van der Waals surface area contributed by atoms with Crippen LogP contribution in [0.1, 0.15) is 18.3 Å². The molecule has 1 atom stereocenters. The van der Waals surface area contributed by atoms with Crippen LogP contribution in [0.15, 0.2) is 18.2 Å². The van der Waals surface area contributed by atoms with E-state index >= 15 is 0 Å². The van der Waals surface area contributed by atoms with Crippen molar-refractivity contribution in [3.05, 3.63) is 29.6 Å². The highest BCUT2D eigenvalue weighted by Gasteiger charge is 2.14. The highest BCUT2D eigenvalue weighted by Crippen LogP contribution is 2.07. The van der Waals surface area contributed by atoms with Gasteiger partial charge in [-0.1, -0.05) is 13.0 Å². The molecule has 1 fully saturated rings. The number of pyridine rings is 1. The van der Waals surface area contributed by atoms with Gasteiger partial charge in [0, 0.05) is 31.9 Å². The predicted molar refractivity (Wildman–Crippen MR) is 66.3 cm³/mol. The number of rotatable bonds is 2. The molecule has 1 aliphatic heterocycles. The number of aryl methyl sites for hydroxylation is 1. The number of nitrogens with zero attached hydrogens (tertiary/aromatic N) is 2. The topological polar surface area (TPSA) is 28.2 Å². The van der Waals surface area contributed by atoms with E-state index in [2.05, 4.69) is 47.2 Å². The third-order valence-corrected chi connectivity index (χ3v) is 3.00. The Bertz CT molecular complexity index is 338. The van der Waals surface area contributed by atoms with Crippen LogP contribution in [-0.4, -0.2) is 36.1 Å². The molecular weight excluding hydrogens is 198 g/mol. The normalized spacial score (nSPS) is 23.0. The summed E-state index contributed by atoms with van der Waals surface area (Å²) in [5, 5.41) is 3.46. The second-order valence-corrected chi connectivity index (χ2v) is 4.81. The fraction of sp³-hybridized carbons (Fsp3) is 0.615. The quantitative estimate of drug-likeness (QED) is 0.815. The van der Waals surface area contributed by atoms with E-state index in [0.717, 1.165) is 37.8 Å². The second kappa shape index (κ2) is 5.41. The Morgan fingerprint density at radius 3 is 3.19 bits per heavy atom. The maximum Gasteiger partial charge on any atom is 0.0547 e. The Morgan fingerprint density at radius 1 is 1.50 bits per heavy atom. The molecule has 1 N–H and O–H groups in total. The summed E-state index contributed by atoms with van der Waals surface area (Å²) in [6.45, 7) is 9.86. The van der Waals surface area contributed by atoms with Crippen molar-refractivity contribution in [1.29, 1.82) is 0 Å². The first-order chi connectivity index (χ1) is 7.74. The zero-order valence-corrected chi connectivity index (χ0v) is 10.2. The summed E-state index contributed by atoms with van der Waals surface area (Å²) >= 11 is 0. The van der Waals surface area contributed by atoms with Gasteiger partial charge in [-0.2, -0.15) is 0 Å². The minimum absolute atomic E-state index is 0.729. The van der Waals surface area contributed by atoms with Crippen molar-refractivity contribution in [2.24, 2.45) is 5.92 Å². The summed E-state index contributed by atoms with van der Waals surface area (Å²) in [5.41, 5.74) is 2.30. The van der Waals surface area contributed by atoms with Crippen LogP contribution in [0.25, 0.3) is 0 Å². The van der Waals surface area contributed by atoms with Crippen LogP contribution in [0.3, 0.4) is 0 Å². The van der Waals surface area contributed by atoms with Crippen LogP contribution >= 0.6 is 0 Å². The van der Waals surface area contributed by atoms with Crippen LogP contribution in [0.5, 0.6) is 0 Å². The largest absolute Gasteiger partial charge is 0.315 e. The van der Waals surface area contributed by atoms with Crippen molar-refractivity contribution < 1.29 is 0 Å². The van der Waals surface area contributed by atoms with Crippen molar-refractivity contribution in [2.45, 2.75) is 20.4 Å². The van der Waals surface area contributed by atoms with E-state index in [4.69, 9.17) is 0 Å². The average Bonchev–Trinajstić information content (AvgIpc) is 2.43. The van der Waals surface area contributed by atoms with Gasteiger partial charge in [0.1, 0.15) is 0 Å². The SMILES string of the molecule is Cc1cccc(CN2CCNCC(C)C2)n1. The zero-order valence-electron chi connectivity index (χ0n) is 10.2. The third kappa shape index (κ3) is 3.29. The monoisotopic (exact) mass is 219 g/mol. The van der Waals surface area contributed by atoms with E-state index in [9.17, 15) is 0 Å². The molecule has 3 heteroatoms. The zero-order chi connectivity index (χ0) is 11.4. The first-order valence-corrected chi connectivity index (χ1v) is 6.09. The molecule has 0 spiro atoms. The molecule has 3 nitrogen and oxygen atoms in total. The van der Waals surface area contributed by atoms with Gasteiger partial charge >= 0.3 is 0 Å². The van der Waals surface area contributed by atoms with Gasteiger partial charge in [0.05, 0.1) is 5.69 Å². The number of hydrogen-bond donors (Lipinski definition) is 1. The Hall–Kier alpha value is -0.930. The Balaban J connectivity index is 1.97. The van der Waals surface area contributed by atoms with E-state index in [0.29, 0.717) is 0 Å². The van der Waals surface area contributed by atoms with Gasteiger partial charge in [-0.3, -0.25) is 9.88 Å². The Kier molecular flexibility index (Phi) is 3.91. The maximum absolute atomic E-state index is 4.56. The molecule has 0 bridgehead atoms. The maximum atomic E-state index is 4.56. The lowest BCUT2D eigenvalue weighted by Crippen LogP contribution is -2.29. The van der Waals surface area contributed by atoms with Gasteiger partial charge in [0.2, 0.25) is 0 Å². The van der Waals surface area contributed by atoms with Gasteiger partial charge in [-0.25, -0.2) is 0 Å². The molecule has 0 saturated carbocycles. The second-order valence-electron chi connectivity index (χ2n) is 4.81. The van der Waals surface area contributed by atoms with Crippen molar-refractivity contribution in [2.75, 3.05) is 26.2 Å². The van der Waals surface area contributed by atoms with Crippen molar-refractivity contribution in [1.82, 2.24) is 15.2 Å². The molecule has 0 aliphatic carbocycles. The summed E-state index contributed by atoms with van der Waals surface area (Å²) in [4.78, 5) is 7.05. The first kappa shape index (κ1) is 11.6. The third-order valence-electron chi connectivity index (χ3n) is 3.00. The predicted octanol–water partition coefficient (Wildman–Crippen LogP) is 1.43. The van der Waals surface area contributed by atoms with Gasteiger partial charge < -0.3 is 5.32 Å². The number of nitrogens with one attached hydrogen (secondary N) is 1. The van der Waals surface area contributed by atoms with Gasteiger partial charge in [-0.05, 0) is 31.5 Å². The van der Waals surface area contributed by atoms with Crippen LogP contribution in [0, 0.1) is 12.8 Å². The molecule has 88 valence electrons. The van der Waals surface area contributed by atoms with E-state index in [1.807, 2.05) is 0 Å². The minimum Gasteiger partial charge on any atom is -0.315 e. The molecule has 2 heterocycles.